The van der Waals surface area contributed by atoms with E-state index in [2.05, 4.69) is 25.4 Å². The van der Waals surface area contributed by atoms with Crippen LogP contribution in [0.1, 0.15) is 27.0 Å². The molecule has 36 heavy (non-hydrogen) atoms. The summed E-state index contributed by atoms with van der Waals surface area (Å²) in [5.74, 6) is -0.440. The summed E-state index contributed by atoms with van der Waals surface area (Å²) in [7, 11) is -3.23. The lowest BCUT2D eigenvalue weighted by molar-refractivity contribution is -0.0881. The number of rotatable bonds is 9. The fourth-order valence-corrected chi connectivity index (χ4v) is 5.49. The lowest BCUT2D eigenvalue weighted by Gasteiger charge is -2.11. The predicted octanol–water partition coefficient (Wildman–Crippen LogP) is 5.94. The van der Waals surface area contributed by atoms with Gasteiger partial charge >= 0.3 is 19.3 Å². The van der Waals surface area contributed by atoms with Gasteiger partial charge in [0, 0.05) is 4.47 Å². The molecule has 0 bridgehead atoms. The maximum absolute atomic E-state index is 13.4. The second-order valence-electron chi connectivity index (χ2n) is 7.96. The summed E-state index contributed by atoms with van der Waals surface area (Å²) < 4.78 is 51.4. The molecule has 0 aliphatic heterocycles. The molecule has 0 saturated heterocycles. The summed E-state index contributed by atoms with van der Waals surface area (Å²) in [4.78, 5) is 25.1. The molecule has 12 heteroatoms. The van der Waals surface area contributed by atoms with Crippen molar-refractivity contribution in [2.45, 2.75) is 19.3 Å². The average Bonchev–Trinajstić information content (AvgIpc) is 3.16. The zero-order valence-corrected chi connectivity index (χ0v) is 21.4. The minimum atomic E-state index is -4.54. The number of halogens is 3. The molecule has 0 N–H and O–H groups in total. The second-order valence-corrected chi connectivity index (χ2v) is 10.6. The molecule has 0 spiro atoms. The summed E-state index contributed by atoms with van der Waals surface area (Å²) in [6.45, 7) is 0.502. The second kappa shape index (κ2) is 10.9. The van der Waals surface area contributed by atoms with Crippen molar-refractivity contribution in [2.24, 2.45) is 0 Å². The standard InChI is InChI=1S/C24H20BrF2N2O6P/c1-33-23(30)18-9-6-16(7-10-18)13-28-21-4-2-3-5-22(21)29(24(28)31)14-17-8-11-19(20(25)12-17)15-36(32,34-26)35-27/h2-12H,13-15H2,1H3. The predicted molar refractivity (Wildman–Crippen MR) is 132 cm³/mol. The number of carbonyl (C=O) groups is 1. The van der Waals surface area contributed by atoms with Gasteiger partial charge in [-0.2, -0.15) is 0 Å². The van der Waals surface area contributed by atoms with E-state index in [-0.39, 0.29) is 18.8 Å². The van der Waals surface area contributed by atoms with Crippen LogP contribution in [-0.4, -0.2) is 22.2 Å². The zero-order chi connectivity index (χ0) is 25.9. The molecular formula is C24H20BrF2N2O6P. The van der Waals surface area contributed by atoms with Gasteiger partial charge in [-0.15, -0.1) is 9.46 Å². The van der Waals surface area contributed by atoms with E-state index in [0.717, 1.165) is 22.2 Å². The fraction of sp³-hybridized carbons (Fsp3) is 0.167. The van der Waals surface area contributed by atoms with Crippen LogP contribution in [0.15, 0.2) is 76.0 Å². The van der Waals surface area contributed by atoms with Crippen LogP contribution in [-0.2, 0) is 38.0 Å². The van der Waals surface area contributed by atoms with Crippen LogP contribution in [0.3, 0.4) is 0 Å². The number of carbonyl (C=O) groups excluding carboxylic acids is 1. The summed E-state index contributed by atoms with van der Waals surface area (Å²) >= 11 is 3.31. The number of hydrogen-bond acceptors (Lipinski definition) is 6. The van der Waals surface area contributed by atoms with E-state index >= 15 is 0 Å². The molecule has 8 nitrogen and oxygen atoms in total. The maximum Gasteiger partial charge on any atom is 0.399 e. The van der Waals surface area contributed by atoms with Gasteiger partial charge in [-0.3, -0.25) is 13.7 Å². The molecule has 0 unspecified atom stereocenters. The molecule has 1 heterocycles. The van der Waals surface area contributed by atoms with Gasteiger partial charge in [-0.1, -0.05) is 52.3 Å². The van der Waals surface area contributed by atoms with Crippen molar-refractivity contribution in [3.63, 3.8) is 0 Å². The van der Waals surface area contributed by atoms with Crippen LogP contribution >= 0.6 is 23.5 Å². The Morgan fingerprint density at radius 1 is 0.917 bits per heavy atom. The number of para-hydroxylation sites is 2. The molecule has 4 aromatic rings. The molecule has 0 fully saturated rings. The number of hydrogen-bond donors (Lipinski definition) is 0. The topological polar surface area (TPSA) is 88.8 Å². The van der Waals surface area contributed by atoms with Crippen molar-refractivity contribution in [3.8, 4) is 0 Å². The van der Waals surface area contributed by atoms with Gasteiger partial charge in [0.2, 0.25) is 0 Å². The summed E-state index contributed by atoms with van der Waals surface area (Å²) in [6.07, 6.45) is -0.616. The number of benzene rings is 3. The third-order valence-electron chi connectivity index (χ3n) is 5.67. The highest BCUT2D eigenvalue weighted by molar-refractivity contribution is 9.10. The zero-order valence-electron chi connectivity index (χ0n) is 18.9. The van der Waals surface area contributed by atoms with E-state index in [0.29, 0.717) is 15.6 Å². The van der Waals surface area contributed by atoms with Crippen molar-refractivity contribution < 1.29 is 32.6 Å². The molecule has 4 rings (SSSR count). The van der Waals surface area contributed by atoms with Crippen molar-refractivity contribution in [1.82, 2.24) is 9.13 Å². The van der Waals surface area contributed by atoms with E-state index in [1.165, 1.54) is 13.2 Å². The molecule has 1 aromatic heterocycles. The highest BCUT2D eigenvalue weighted by atomic mass is 79.9. The first-order valence-electron chi connectivity index (χ1n) is 10.6. The average molecular weight is 581 g/mol. The van der Waals surface area contributed by atoms with E-state index in [1.54, 1.807) is 45.5 Å². The molecule has 3 aromatic carbocycles. The normalized spacial score (nSPS) is 11.7. The van der Waals surface area contributed by atoms with Gasteiger partial charge in [0.05, 0.1) is 43.0 Å². The molecule has 0 amide bonds. The Morgan fingerprint density at radius 3 is 2.00 bits per heavy atom. The van der Waals surface area contributed by atoms with Crippen LogP contribution in [0.4, 0.5) is 9.05 Å². The van der Waals surface area contributed by atoms with Gasteiger partial charge in [0.1, 0.15) is 0 Å². The lowest BCUT2D eigenvalue weighted by atomic mass is 10.1. The lowest BCUT2D eigenvalue weighted by Crippen LogP contribution is -2.25. The van der Waals surface area contributed by atoms with Gasteiger partial charge < -0.3 is 4.74 Å². The van der Waals surface area contributed by atoms with E-state index in [9.17, 15) is 23.2 Å². The largest absolute Gasteiger partial charge is 0.465 e. The van der Waals surface area contributed by atoms with Crippen molar-refractivity contribution in [1.29, 1.82) is 0 Å². The van der Waals surface area contributed by atoms with Gasteiger partial charge in [-0.25, -0.2) is 9.59 Å². The highest BCUT2D eigenvalue weighted by Gasteiger charge is 2.29. The minimum absolute atomic E-state index is 0.212. The van der Waals surface area contributed by atoms with Crippen LogP contribution in [0.5, 0.6) is 0 Å². The van der Waals surface area contributed by atoms with Crippen LogP contribution in [0, 0.1) is 0 Å². The molecule has 0 saturated carbocycles. The van der Waals surface area contributed by atoms with Gasteiger partial charge in [0.15, 0.2) is 0 Å². The Hall–Kier alpha value is -3.11. The SMILES string of the molecule is COC(=O)c1ccc(Cn2c(=O)n(Cc3ccc(CP(=O)(OF)OF)c(Br)c3)c3ccccc32)cc1. The van der Waals surface area contributed by atoms with Crippen LogP contribution < -0.4 is 5.69 Å². The Labute approximate surface area is 212 Å². The van der Waals surface area contributed by atoms with Crippen LogP contribution in [0.2, 0.25) is 0 Å². The Balaban J connectivity index is 1.65. The summed E-state index contributed by atoms with van der Waals surface area (Å²) in [5.41, 5.74) is 3.48. The smallest absolute Gasteiger partial charge is 0.399 e. The van der Waals surface area contributed by atoms with E-state index < -0.39 is 19.7 Å². The summed E-state index contributed by atoms with van der Waals surface area (Å²) in [5, 5.41) is 0. The monoisotopic (exact) mass is 580 g/mol. The number of esters is 1. The number of ether oxygens (including phenoxy) is 1. The molecule has 188 valence electrons. The van der Waals surface area contributed by atoms with E-state index in [4.69, 9.17) is 4.74 Å². The first kappa shape index (κ1) is 26.0. The highest BCUT2D eigenvalue weighted by Crippen LogP contribution is 2.53. The van der Waals surface area contributed by atoms with Gasteiger partial charge in [-0.05, 0) is 56.1 Å². The minimum Gasteiger partial charge on any atom is -0.465 e. The molecule has 0 aliphatic rings. The van der Waals surface area contributed by atoms with Crippen molar-refractivity contribution >= 4 is 40.5 Å². The Kier molecular flexibility index (Phi) is 7.85. The third-order valence-corrected chi connectivity index (χ3v) is 7.56. The van der Waals surface area contributed by atoms with Crippen molar-refractivity contribution in [3.05, 3.63) is 104 Å². The Morgan fingerprint density at radius 2 is 1.47 bits per heavy atom. The molecule has 0 aliphatic carbocycles. The number of aromatic nitrogens is 2. The number of imidazole rings is 1. The third kappa shape index (κ3) is 5.34. The number of methoxy groups -OCH3 is 1. The van der Waals surface area contributed by atoms with Crippen LogP contribution in [0.25, 0.3) is 11.0 Å². The van der Waals surface area contributed by atoms with E-state index in [1.807, 2.05) is 24.3 Å². The molecule has 0 atom stereocenters. The number of nitrogens with zero attached hydrogens (tertiary/aromatic N) is 2. The first-order chi connectivity index (χ1) is 17.3. The fourth-order valence-electron chi connectivity index (χ4n) is 3.89. The summed E-state index contributed by atoms with van der Waals surface area (Å²) in [6, 6.07) is 19.0. The van der Waals surface area contributed by atoms with Gasteiger partial charge in [0.25, 0.3) is 0 Å². The quantitative estimate of drug-likeness (QED) is 0.180. The molecule has 0 radical (unpaired) electrons. The molecular weight excluding hydrogens is 561 g/mol. The Bertz CT molecular complexity index is 1510. The van der Waals surface area contributed by atoms with Crippen molar-refractivity contribution in [2.75, 3.05) is 7.11 Å². The number of fused-ring (bicyclic) bond motifs is 1. The maximum atomic E-state index is 13.4. The first-order valence-corrected chi connectivity index (χ1v) is 13.1.